The van der Waals surface area contributed by atoms with Gasteiger partial charge in [-0.15, -0.1) is 0 Å². The molecule has 1 amide bonds. The summed E-state index contributed by atoms with van der Waals surface area (Å²) >= 11 is 5.90. The summed E-state index contributed by atoms with van der Waals surface area (Å²) < 4.78 is 10.7. The molecule has 0 bridgehead atoms. The van der Waals surface area contributed by atoms with Crippen LogP contribution in [0.15, 0.2) is 5.16 Å². The monoisotopic (exact) mass is 348 g/mol. The van der Waals surface area contributed by atoms with E-state index in [-0.39, 0.29) is 18.3 Å². The Labute approximate surface area is 141 Å². The molecule has 1 rings (SSSR count). The second-order valence-electron chi connectivity index (χ2n) is 7.55. The number of likely N-dealkylation sites (tertiary alicyclic amines) is 1. The predicted molar refractivity (Wildman–Crippen MR) is 85.7 cm³/mol. The lowest BCUT2D eigenvalue weighted by Crippen LogP contribution is -2.36. The van der Waals surface area contributed by atoms with Crippen molar-refractivity contribution in [1.29, 1.82) is 0 Å². The molecule has 132 valence electrons. The van der Waals surface area contributed by atoms with Crippen LogP contribution in [0.3, 0.4) is 0 Å². The molecule has 1 saturated heterocycles. The van der Waals surface area contributed by atoms with Crippen LogP contribution in [0.2, 0.25) is 0 Å². The summed E-state index contributed by atoms with van der Waals surface area (Å²) in [4.78, 5) is 25.9. The zero-order chi connectivity index (χ0) is 18.0. The SMILES string of the molecule is CC(C)(C)OC(=O)[C@H]1CN(C(=O)OC(C)(C)C)C[C@@H]1/C(Cl)=N/O. The molecule has 0 aliphatic carbocycles. The Morgan fingerprint density at radius 3 is 1.96 bits per heavy atom. The van der Waals surface area contributed by atoms with E-state index in [4.69, 9.17) is 26.3 Å². The summed E-state index contributed by atoms with van der Waals surface area (Å²) in [6, 6.07) is 0. The molecule has 8 heteroatoms. The Hall–Kier alpha value is -1.50. The Morgan fingerprint density at radius 2 is 1.52 bits per heavy atom. The standard InChI is InChI=1S/C15H25ClN2O5/c1-14(2,3)22-12(19)10-8-18(7-9(10)11(16)17-21)13(20)23-15(4,5)6/h9-10,21H,7-8H2,1-6H3/b17-11-/t9-,10-/m0/s1. The van der Waals surface area contributed by atoms with Crippen molar-refractivity contribution in [2.75, 3.05) is 13.1 Å². The van der Waals surface area contributed by atoms with Crippen LogP contribution in [0, 0.1) is 11.8 Å². The van der Waals surface area contributed by atoms with E-state index in [0.717, 1.165) is 0 Å². The molecule has 0 aromatic carbocycles. The largest absolute Gasteiger partial charge is 0.460 e. The molecule has 1 aliphatic heterocycles. The minimum Gasteiger partial charge on any atom is -0.460 e. The topological polar surface area (TPSA) is 88.4 Å². The Kier molecular flexibility index (Phi) is 5.90. The van der Waals surface area contributed by atoms with Crippen molar-refractivity contribution in [2.45, 2.75) is 52.7 Å². The van der Waals surface area contributed by atoms with Crippen LogP contribution in [-0.2, 0) is 14.3 Å². The van der Waals surface area contributed by atoms with Crippen LogP contribution in [0.25, 0.3) is 0 Å². The van der Waals surface area contributed by atoms with Crippen molar-refractivity contribution in [3.05, 3.63) is 0 Å². The number of halogens is 1. The highest BCUT2D eigenvalue weighted by Gasteiger charge is 2.45. The maximum absolute atomic E-state index is 12.3. The first kappa shape index (κ1) is 19.5. The van der Waals surface area contributed by atoms with E-state index < -0.39 is 35.1 Å². The van der Waals surface area contributed by atoms with Crippen LogP contribution in [0.4, 0.5) is 4.79 Å². The third-order valence-electron chi connectivity index (χ3n) is 3.08. The number of carbonyl (C=O) groups is 2. The molecule has 1 aliphatic rings. The Balaban J connectivity index is 2.91. The molecule has 0 unspecified atom stereocenters. The molecule has 0 radical (unpaired) electrons. The maximum Gasteiger partial charge on any atom is 0.410 e. The summed E-state index contributed by atoms with van der Waals surface area (Å²) in [7, 11) is 0. The lowest BCUT2D eigenvalue weighted by molar-refractivity contribution is -0.160. The van der Waals surface area contributed by atoms with Crippen molar-refractivity contribution in [1.82, 2.24) is 4.90 Å². The van der Waals surface area contributed by atoms with Gasteiger partial charge in [-0.25, -0.2) is 4.79 Å². The zero-order valence-electron chi connectivity index (χ0n) is 14.4. The van der Waals surface area contributed by atoms with Gasteiger partial charge in [0.15, 0.2) is 5.17 Å². The van der Waals surface area contributed by atoms with E-state index in [1.807, 2.05) is 0 Å². The molecule has 1 N–H and O–H groups in total. The number of hydrogen-bond acceptors (Lipinski definition) is 6. The molecule has 1 fully saturated rings. The Morgan fingerprint density at radius 1 is 1.04 bits per heavy atom. The number of oxime groups is 1. The molecule has 7 nitrogen and oxygen atoms in total. The molecular weight excluding hydrogens is 324 g/mol. The average Bonchev–Trinajstić information content (AvgIpc) is 2.78. The highest BCUT2D eigenvalue weighted by molar-refractivity contribution is 6.66. The van der Waals surface area contributed by atoms with Crippen LogP contribution in [0.5, 0.6) is 0 Å². The molecule has 0 spiro atoms. The predicted octanol–water partition coefficient (Wildman–Crippen LogP) is 2.84. The van der Waals surface area contributed by atoms with Gasteiger partial charge in [-0.3, -0.25) is 4.79 Å². The lowest BCUT2D eigenvalue weighted by Gasteiger charge is -2.25. The molecule has 23 heavy (non-hydrogen) atoms. The van der Waals surface area contributed by atoms with Crippen LogP contribution >= 0.6 is 11.6 Å². The fraction of sp³-hybridized carbons (Fsp3) is 0.800. The molecule has 0 saturated carbocycles. The summed E-state index contributed by atoms with van der Waals surface area (Å²) in [5, 5.41) is 11.7. The molecule has 0 aromatic rings. The van der Waals surface area contributed by atoms with E-state index in [9.17, 15) is 9.59 Å². The second-order valence-corrected chi connectivity index (χ2v) is 7.94. The number of nitrogens with zero attached hydrogens (tertiary/aromatic N) is 2. The summed E-state index contributed by atoms with van der Waals surface area (Å²) in [6.07, 6.45) is -0.545. The number of carbonyl (C=O) groups excluding carboxylic acids is 2. The number of esters is 1. The van der Waals surface area contributed by atoms with E-state index in [0.29, 0.717) is 0 Å². The summed E-state index contributed by atoms with van der Waals surface area (Å²) in [5.74, 6) is -1.82. The molecular formula is C15H25ClN2O5. The normalized spacial score (nSPS) is 22.9. The molecule has 0 aromatic heterocycles. The first-order chi connectivity index (χ1) is 10.3. The van der Waals surface area contributed by atoms with Crippen molar-refractivity contribution < 1.29 is 24.3 Å². The van der Waals surface area contributed by atoms with Crippen LogP contribution in [-0.4, -0.2) is 51.6 Å². The average molecular weight is 349 g/mol. The minimum atomic E-state index is -0.704. The number of ether oxygens (including phenoxy) is 2. The van der Waals surface area contributed by atoms with Gasteiger partial charge in [0, 0.05) is 19.0 Å². The fourth-order valence-electron chi connectivity index (χ4n) is 2.21. The lowest BCUT2D eigenvalue weighted by atomic mass is 9.97. The van der Waals surface area contributed by atoms with E-state index in [1.54, 1.807) is 41.5 Å². The number of amides is 1. The highest BCUT2D eigenvalue weighted by atomic mass is 35.5. The van der Waals surface area contributed by atoms with E-state index in [1.165, 1.54) is 4.90 Å². The third-order valence-corrected chi connectivity index (χ3v) is 3.44. The first-order valence-corrected chi connectivity index (χ1v) is 7.80. The van der Waals surface area contributed by atoms with Gasteiger partial charge in [0.2, 0.25) is 0 Å². The van der Waals surface area contributed by atoms with Crippen molar-refractivity contribution in [3.63, 3.8) is 0 Å². The minimum absolute atomic E-state index is 0.0975. The molecule has 2 atom stereocenters. The van der Waals surface area contributed by atoms with E-state index in [2.05, 4.69) is 5.16 Å². The maximum atomic E-state index is 12.3. The zero-order valence-corrected chi connectivity index (χ0v) is 15.2. The van der Waals surface area contributed by atoms with Gasteiger partial charge in [0.05, 0.1) is 5.92 Å². The van der Waals surface area contributed by atoms with Gasteiger partial charge in [-0.05, 0) is 41.5 Å². The quantitative estimate of drug-likeness (QED) is 0.359. The van der Waals surface area contributed by atoms with Gasteiger partial charge < -0.3 is 19.6 Å². The summed E-state index contributed by atoms with van der Waals surface area (Å²) in [5.41, 5.74) is -1.31. The fourth-order valence-corrected chi connectivity index (χ4v) is 2.43. The van der Waals surface area contributed by atoms with Crippen molar-refractivity contribution in [2.24, 2.45) is 17.0 Å². The van der Waals surface area contributed by atoms with Crippen LogP contribution in [0.1, 0.15) is 41.5 Å². The third kappa shape index (κ3) is 5.89. The van der Waals surface area contributed by atoms with Gasteiger partial charge in [-0.2, -0.15) is 0 Å². The van der Waals surface area contributed by atoms with Gasteiger partial charge in [0.25, 0.3) is 0 Å². The van der Waals surface area contributed by atoms with Crippen molar-refractivity contribution >= 4 is 28.8 Å². The summed E-state index contributed by atoms with van der Waals surface area (Å²) in [6.45, 7) is 10.7. The smallest absolute Gasteiger partial charge is 0.410 e. The van der Waals surface area contributed by atoms with Gasteiger partial charge in [0.1, 0.15) is 11.2 Å². The highest BCUT2D eigenvalue weighted by Crippen LogP contribution is 2.30. The number of hydrogen-bond donors (Lipinski definition) is 1. The molecule has 1 heterocycles. The Bertz CT molecular complexity index is 493. The first-order valence-electron chi connectivity index (χ1n) is 7.42. The second kappa shape index (κ2) is 6.95. The van der Waals surface area contributed by atoms with Crippen molar-refractivity contribution in [3.8, 4) is 0 Å². The number of rotatable bonds is 2. The van der Waals surface area contributed by atoms with Gasteiger partial charge >= 0.3 is 12.1 Å². The van der Waals surface area contributed by atoms with Gasteiger partial charge in [-0.1, -0.05) is 16.8 Å². The van der Waals surface area contributed by atoms with Crippen LogP contribution < -0.4 is 0 Å². The van der Waals surface area contributed by atoms with E-state index >= 15 is 0 Å².